The third-order valence-electron chi connectivity index (χ3n) is 1.98. The SMILES string of the molecule is CC1CN1C#Cc1ccccc1. The van der Waals surface area contributed by atoms with Crippen LogP contribution in [0.2, 0.25) is 0 Å². The van der Waals surface area contributed by atoms with Gasteiger partial charge in [-0.1, -0.05) is 18.2 Å². The molecule has 0 saturated carbocycles. The normalized spacial score (nSPS) is 19.8. The highest BCUT2D eigenvalue weighted by Crippen LogP contribution is 2.13. The molecule has 0 bridgehead atoms. The lowest BCUT2D eigenvalue weighted by Crippen LogP contribution is -1.86. The first-order valence-corrected chi connectivity index (χ1v) is 4.19. The molecule has 1 aromatic rings. The first-order chi connectivity index (χ1) is 5.86. The molecule has 1 fully saturated rings. The molecule has 1 saturated heterocycles. The Morgan fingerprint density at radius 2 is 2.00 bits per heavy atom. The molecule has 12 heavy (non-hydrogen) atoms. The highest BCUT2D eigenvalue weighted by Gasteiger charge is 2.25. The van der Waals surface area contributed by atoms with Crippen molar-refractivity contribution in [2.24, 2.45) is 0 Å². The molecule has 1 heterocycles. The second-order valence-electron chi connectivity index (χ2n) is 3.10. The Bertz CT molecular complexity index is 318. The Labute approximate surface area is 73.0 Å². The maximum absolute atomic E-state index is 3.11. The van der Waals surface area contributed by atoms with E-state index in [9.17, 15) is 0 Å². The van der Waals surface area contributed by atoms with Gasteiger partial charge >= 0.3 is 0 Å². The zero-order valence-corrected chi connectivity index (χ0v) is 7.12. The molecule has 1 heteroatoms. The molecular formula is C11H11N. The van der Waals surface area contributed by atoms with Crippen molar-refractivity contribution < 1.29 is 0 Å². The van der Waals surface area contributed by atoms with Crippen molar-refractivity contribution in [3.63, 3.8) is 0 Å². The monoisotopic (exact) mass is 157 g/mol. The molecule has 1 aliphatic heterocycles. The van der Waals surface area contributed by atoms with Gasteiger partial charge in [0.25, 0.3) is 0 Å². The van der Waals surface area contributed by atoms with Crippen molar-refractivity contribution in [3.05, 3.63) is 35.9 Å². The van der Waals surface area contributed by atoms with Crippen LogP contribution in [0.3, 0.4) is 0 Å². The molecule has 0 aromatic heterocycles. The van der Waals surface area contributed by atoms with Crippen LogP contribution in [0.15, 0.2) is 30.3 Å². The van der Waals surface area contributed by atoms with Crippen LogP contribution in [-0.4, -0.2) is 17.5 Å². The van der Waals surface area contributed by atoms with Crippen molar-refractivity contribution in [3.8, 4) is 12.0 Å². The van der Waals surface area contributed by atoms with Gasteiger partial charge in [-0.3, -0.25) is 0 Å². The molecule has 2 rings (SSSR count). The zero-order chi connectivity index (χ0) is 8.39. The first kappa shape index (κ1) is 7.24. The largest absolute Gasteiger partial charge is 0.326 e. The Hall–Kier alpha value is -1.42. The van der Waals surface area contributed by atoms with Gasteiger partial charge in [0, 0.05) is 18.2 Å². The Morgan fingerprint density at radius 3 is 2.58 bits per heavy atom. The van der Waals surface area contributed by atoms with Crippen LogP contribution in [0.5, 0.6) is 0 Å². The van der Waals surface area contributed by atoms with E-state index in [0.29, 0.717) is 6.04 Å². The average molecular weight is 157 g/mol. The fraction of sp³-hybridized carbons (Fsp3) is 0.273. The quantitative estimate of drug-likeness (QED) is 0.409. The molecule has 0 spiro atoms. The molecule has 0 N–H and O–H groups in total. The van der Waals surface area contributed by atoms with Crippen LogP contribution < -0.4 is 0 Å². The maximum Gasteiger partial charge on any atom is 0.0526 e. The van der Waals surface area contributed by atoms with E-state index in [-0.39, 0.29) is 0 Å². The number of hydrogen-bond acceptors (Lipinski definition) is 1. The zero-order valence-electron chi connectivity index (χ0n) is 7.12. The van der Waals surface area contributed by atoms with E-state index in [0.717, 1.165) is 12.1 Å². The highest BCUT2D eigenvalue weighted by molar-refractivity contribution is 5.34. The molecular weight excluding hydrogens is 146 g/mol. The molecule has 0 radical (unpaired) electrons. The lowest BCUT2D eigenvalue weighted by atomic mass is 10.2. The van der Waals surface area contributed by atoms with E-state index >= 15 is 0 Å². The smallest absolute Gasteiger partial charge is 0.0526 e. The van der Waals surface area contributed by atoms with E-state index in [4.69, 9.17) is 0 Å². The summed E-state index contributed by atoms with van der Waals surface area (Å²) >= 11 is 0. The first-order valence-electron chi connectivity index (χ1n) is 4.19. The van der Waals surface area contributed by atoms with Gasteiger partial charge in [0.1, 0.15) is 0 Å². The second-order valence-corrected chi connectivity index (χ2v) is 3.10. The van der Waals surface area contributed by atoms with Crippen molar-refractivity contribution in [1.29, 1.82) is 0 Å². The summed E-state index contributed by atoms with van der Waals surface area (Å²) in [6.45, 7) is 3.31. The van der Waals surface area contributed by atoms with Crippen molar-refractivity contribution in [2.75, 3.05) is 6.54 Å². The minimum Gasteiger partial charge on any atom is -0.326 e. The molecule has 60 valence electrons. The standard InChI is InChI=1S/C11H11N/c1-10-9-12(10)8-7-11-5-3-2-4-6-11/h2-6,10H,9H2,1H3. The minimum absolute atomic E-state index is 0.668. The minimum atomic E-state index is 0.668. The molecule has 1 aliphatic rings. The Morgan fingerprint density at radius 1 is 1.33 bits per heavy atom. The molecule has 1 atom stereocenters. The van der Waals surface area contributed by atoms with E-state index < -0.39 is 0 Å². The van der Waals surface area contributed by atoms with Gasteiger partial charge in [-0.05, 0) is 25.0 Å². The van der Waals surface area contributed by atoms with Crippen LogP contribution in [0, 0.1) is 12.0 Å². The van der Waals surface area contributed by atoms with Crippen molar-refractivity contribution in [2.45, 2.75) is 13.0 Å². The molecule has 0 amide bonds. The Balaban J connectivity index is 2.06. The predicted molar refractivity (Wildman–Crippen MR) is 49.5 cm³/mol. The number of hydrogen-bond donors (Lipinski definition) is 0. The summed E-state index contributed by atoms with van der Waals surface area (Å²) in [6, 6.07) is 13.9. The summed E-state index contributed by atoms with van der Waals surface area (Å²) in [5.41, 5.74) is 1.09. The third kappa shape index (κ3) is 1.60. The van der Waals surface area contributed by atoms with Crippen molar-refractivity contribution in [1.82, 2.24) is 4.90 Å². The molecule has 1 unspecified atom stereocenters. The summed E-state index contributed by atoms with van der Waals surface area (Å²) in [7, 11) is 0. The van der Waals surface area contributed by atoms with Crippen LogP contribution >= 0.6 is 0 Å². The van der Waals surface area contributed by atoms with Crippen LogP contribution in [0.1, 0.15) is 12.5 Å². The Kier molecular flexibility index (Phi) is 1.75. The van der Waals surface area contributed by atoms with Gasteiger partial charge < -0.3 is 4.90 Å². The lowest BCUT2D eigenvalue weighted by Gasteiger charge is -1.87. The van der Waals surface area contributed by atoms with Crippen molar-refractivity contribution >= 4 is 0 Å². The van der Waals surface area contributed by atoms with E-state index in [2.05, 4.69) is 23.8 Å². The van der Waals surface area contributed by atoms with Crippen LogP contribution in [0.25, 0.3) is 0 Å². The van der Waals surface area contributed by atoms with Crippen LogP contribution in [-0.2, 0) is 0 Å². The molecule has 0 aliphatic carbocycles. The third-order valence-corrected chi connectivity index (χ3v) is 1.98. The molecule has 1 nitrogen and oxygen atoms in total. The van der Waals surface area contributed by atoms with E-state index in [1.807, 2.05) is 30.3 Å². The van der Waals surface area contributed by atoms with Crippen LogP contribution in [0.4, 0.5) is 0 Å². The number of nitrogens with zero attached hydrogens (tertiary/aromatic N) is 1. The van der Waals surface area contributed by atoms with Gasteiger partial charge in [0.2, 0.25) is 0 Å². The highest BCUT2D eigenvalue weighted by atomic mass is 15.3. The number of benzene rings is 1. The van der Waals surface area contributed by atoms with E-state index in [1.54, 1.807) is 0 Å². The van der Waals surface area contributed by atoms with Gasteiger partial charge in [0.05, 0.1) is 6.04 Å². The summed E-state index contributed by atoms with van der Waals surface area (Å²) in [5.74, 6) is 3.11. The maximum atomic E-state index is 3.11. The summed E-state index contributed by atoms with van der Waals surface area (Å²) in [4.78, 5) is 2.13. The fourth-order valence-corrected chi connectivity index (χ4v) is 1.05. The fourth-order valence-electron chi connectivity index (χ4n) is 1.05. The van der Waals surface area contributed by atoms with Gasteiger partial charge in [-0.2, -0.15) is 0 Å². The second kappa shape index (κ2) is 2.91. The van der Waals surface area contributed by atoms with Gasteiger partial charge in [-0.15, -0.1) is 0 Å². The predicted octanol–water partition coefficient (Wildman–Crippen LogP) is 1.70. The lowest BCUT2D eigenvalue weighted by molar-refractivity contribution is 0.740. The average Bonchev–Trinajstić information content (AvgIpc) is 2.81. The summed E-state index contributed by atoms with van der Waals surface area (Å²) in [5, 5.41) is 0. The molecule has 1 aromatic carbocycles. The van der Waals surface area contributed by atoms with Gasteiger partial charge in [0.15, 0.2) is 0 Å². The topological polar surface area (TPSA) is 3.01 Å². The summed E-state index contributed by atoms with van der Waals surface area (Å²) < 4.78 is 0. The number of rotatable bonds is 0. The van der Waals surface area contributed by atoms with Gasteiger partial charge in [-0.25, -0.2) is 0 Å². The summed E-state index contributed by atoms with van der Waals surface area (Å²) in [6.07, 6.45) is 0. The van der Waals surface area contributed by atoms with E-state index in [1.165, 1.54) is 0 Å².